The standard InChI is InChI=1S/C21H34N4O3S/c1-3-22-21(24-12-9-19(16-24)17-28-2)23-15-18-10-13-25(14-11-18)29(26,27)20-7-5-4-6-8-20/h4-8,18-19H,3,9-17H2,1-2H3,(H,22,23). The van der Waals surface area contributed by atoms with E-state index in [0.717, 1.165) is 58.0 Å². The Bertz CT molecular complexity index is 761. The summed E-state index contributed by atoms with van der Waals surface area (Å²) in [6.45, 7) is 7.59. The molecule has 3 rings (SSSR count). The second-order valence-corrected chi connectivity index (χ2v) is 9.85. The quantitative estimate of drug-likeness (QED) is 0.538. The first-order valence-electron chi connectivity index (χ1n) is 10.6. The predicted octanol–water partition coefficient (Wildman–Crippen LogP) is 2.02. The molecule has 0 amide bonds. The first-order valence-corrected chi connectivity index (χ1v) is 12.1. The normalized spacial score (nSPS) is 22.2. The van der Waals surface area contributed by atoms with Gasteiger partial charge in [0, 0.05) is 52.3 Å². The van der Waals surface area contributed by atoms with Crippen molar-refractivity contribution < 1.29 is 13.2 Å². The van der Waals surface area contributed by atoms with E-state index in [9.17, 15) is 8.42 Å². The Kier molecular flexibility index (Phi) is 7.91. The van der Waals surface area contributed by atoms with E-state index in [-0.39, 0.29) is 0 Å². The molecule has 1 atom stereocenters. The highest BCUT2D eigenvalue weighted by molar-refractivity contribution is 7.89. The first-order chi connectivity index (χ1) is 14.0. The molecule has 2 saturated heterocycles. The largest absolute Gasteiger partial charge is 0.384 e. The van der Waals surface area contributed by atoms with Crippen LogP contribution in [-0.4, -0.2) is 76.6 Å². The first kappa shape index (κ1) is 22.1. The van der Waals surface area contributed by atoms with Crippen molar-refractivity contribution in [3.8, 4) is 0 Å². The minimum atomic E-state index is -3.38. The van der Waals surface area contributed by atoms with Gasteiger partial charge < -0.3 is 15.0 Å². The number of hydrogen-bond acceptors (Lipinski definition) is 4. The SMILES string of the molecule is CCNC(=NCC1CCN(S(=O)(=O)c2ccccc2)CC1)N1CCC(COC)C1. The Morgan fingerprint density at radius 2 is 1.83 bits per heavy atom. The van der Waals surface area contributed by atoms with Crippen LogP contribution >= 0.6 is 0 Å². The highest BCUT2D eigenvalue weighted by Gasteiger charge is 2.30. The molecule has 0 bridgehead atoms. The Balaban J connectivity index is 1.54. The van der Waals surface area contributed by atoms with Crippen molar-refractivity contribution in [1.82, 2.24) is 14.5 Å². The second-order valence-electron chi connectivity index (χ2n) is 7.91. The molecule has 2 aliphatic rings. The number of nitrogens with one attached hydrogen (secondary N) is 1. The minimum absolute atomic E-state index is 0.380. The van der Waals surface area contributed by atoms with Crippen LogP contribution in [-0.2, 0) is 14.8 Å². The Morgan fingerprint density at radius 3 is 2.48 bits per heavy atom. The highest BCUT2D eigenvalue weighted by atomic mass is 32.2. The Morgan fingerprint density at radius 1 is 1.14 bits per heavy atom. The number of rotatable bonds is 7. The summed E-state index contributed by atoms with van der Waals surface area (Å²) in [7, 11) is -1.63. The van der Waals surface area contributed by atoms with E-state index in [1.54, 1.807) is 35.7 Å². The van der Waals surface area contributed by atoms with Crippen molar-refractivity contribution >= 4 is 16.0 Å². The van der Waals surface area contributed by atoms with Gasteiger partial charge in [-0.05, 0) is 44.2 Å². The third-order valence-electron chi connectivity index (χ3n) is 5.78. The molecule has 1 N–H and O–H groups in total. The van der Waals surface area contributed by atoms with Gasteiger partial charge in [0.05, 0.1) is 11.5 Å². The summed E-state index contributed by atoms with van der Waals surface area (Å²) in [4.78, 5) is 7.58. The van der Waals surface area contributed by atoms with Crippen molar-refractivity contribution in [2.45, 2.75) is 31.1 Å². The van der Waals surface area contributed by atoms with Crippen LogP contribution in [0.1, 0.15) is 26.2 Å². The van der Waals surface area contributed by atoms with Gasteiger partial charge in [-0.3, -0.25) is 4.99 Å². The van der Waals surface area contributed by atoms with Crippen molar-refractivity contribution in [3.05, 3.63) is 30.3 Å². The van der Waals surface area contributed by atoms with Crippen LogP contribution in [0.2, 0.25) is 0 Å². The maximum atomic E-state index is 12.8. The molecule has 8 heteroatoms. The van der Waals surface area contributed by atoms with Crippen LogP contribution in [0, 0.1) is 11.8 Å². The number of hydrogen-bond donors (Lipinski definition) is 1. The number of benzene rings is 1. The molecule has 162 valence electrons. The minimum Gasteiger partial charge on any atom is -0.384 e. The lowest BCUT2D eigenvalue weighted by Crippen LogP contribution is -2.41. The van der Waals surface area contributed by atoms with Crippen LogP contribution < -0.4 is 5.32 Å². The molecular weight excluding hydrogens is 388 g/mol. The molecule has 0 radical (unpaired) electrons. The average molecular weight is 423 g/mol. The third-order valence-corrected chi connectivity index (χ3v) is 7.69. The summed E-state index contributed by atoms with van der Waals surface area (Å²) in [5.74, 6) is 1.96. The van der Waals surface area contributed by atoms with Gasteiger partial charge in [0.25, 0.3) is 0 Å². The summed E-state index contributed by atoms with van der Waals surface area (Å²) < 4.78 is 32.5. The van der Waals surface area contributed by atoms with Gasteiger partial charge >= 0.3 is 0 Å². The van der Waals surface area contributed by atoms with Gasteiger partial charge in [-0.25, -0.2) is 8.42 Å². The molecule has 1 aromatic carbocycles. The second kappa shape index (κ2) is 10.4. The maximum absolute atomic E-state index is 12.8. The van der Waals surface area contributed by atoms with E-state index in [2.05, 4.69) is 17.1 Å². The number of nitrogens with zero attached hydrogens (tertiary/aromatic N) is 3. The van der Waals surface area contributed by atoms with Crippen LogP contribution in [0.15, 0.2) is 40.2 Å². The van der Waals surface area contributed by atoms with Gasteiger partial charge in [0.1, 0.15) is 0 Å². The van der Waals surface area contributed by atoms with Crippen LogP contribution in [0.4, 0.5) is 0 Å². The van der Waals surface area contributed by atoms with Crippen molar-refractivity contribution in [2.24, 2.45) is 16.8 Å². The number of piperidine rings is 1. The average Bonchev–Trinajstić information content (AvgIpc) is 3.21. The number of likely N-dealkylation sites (tertiary alicyclic amines) is 1. The van der Waals surface area contributed by atoms with Crippen LogP contribution in [0.3, 0.4) is 0 Å². The number of methoxy groups -OCH3 is 1. The van der Waals surface area contributed by atoms with Gasteiger partial charge in [-0.2, -0.15) is 4.31 Å². The van der Waals surface area contributed by atoms with Crippen LogP contribution in [0.25, 0.3) is 0 Å². The zero-order valence-electron chi connectivity index (χ0n) is 17.6. The maximum Gasteiger partial charge on any atom is 0.243 e. The van der Waals surface area contributed by atoms with E-state index < -0.39 is 10.0 Å². The molecule has 2 heterocycles. The molecule has 1 aromatic rings. The van der Waals surface area contributed by atoms with E-state index in [1.165, 1.54) is 0 Å². The lowest BCUT2D eigenvalue weighted by Gasteiger charge is -2.31. The molecule has 7 nitrogen and oxygen atoms in total. The topological polar surface area (TPSA) is 74.2 Å². The number of sulfonamides is 1. The summed E-state index contributed by atoms with van der Waals surface area (Å²) in [6, 6.07) is 8.71. The zero-order valence-corrected chi connectivity index (χ0v) is 18.4. The van der Waals surface area contributed by atoms with E-state index >= 15 is 0 Å². The number of guanidine groups is 1. The summed E-state index contributed by atoms with van der Waals surface area (Å²) in [5, 5.41) is 3.41. The molecule has 29 heavy (non-hydrogen) atoms. The fourth-order valence-electron chi connectivity index (χ4n) is 4.11. The monoisotopic (exact) mass is 422 g/mol. The number of ether oxygens (including phenoxy) is 1. The fourth-order valence-corrected chi connectivity index (χ4v) is 5.60. The lowest BCUT2D eigenvalue weighted by molar-refractivity contribution is 0.157. The van der Waals surface area contributed by atoms with Crippen molar-refractivity contribution in [1.29, 1.82) is 0 Å². The smallest absolute Gasteiger partial charge is 0.243 e. The predicted molar refractivity (Wildman–Crippen MR) is 115 cm³/mol. The summed E-state index contributed by atoms with van der Waals surface area (Å²) >= 11 is 0. The van der Waals surface area contributed by atoms with Gasteiger partial charge in [-0.1, -0.05) is 18.2 Å². The van der Waals surface area contributed by atoms with E-state index in [1.807, 2.05) is 6.07 Å². The third kappa shape index (κ3) is 5.71. The Labute approximate surface area is 175 Å². The highest BCUT2D eigenvalue weighted by Crippen LogP contribution is 2.24. The van der Waals surface area contributed by atoms with Crippen molar-refractivity contribution in [3.63, 3.8) is 0 Å². The molecule has 0 saturated carbocycles. The molecule has 2 fully saturated rings. The Hall–Kier alpha value is -1.64. The summed E-state index contributed by atoms with van der Waals surface area (Å²) in [6.07, 6.45) is 2.83. The van der Waals surface area contributed by atoms with Gasteiger partial charge in [-0.15, -0.1) is 0 Å². The molecule has 2 aliphatic heterocycles. The summed E-state index contributed by atoms with van der Waals surface area (Å²) in [5.41, 5.74) is 0. The van der Waals surface area contributed by atoms with Crippen molar-refractivity contribution in [2.75, 3.05) is 53.0 Å². The molecule has 0 spiro atoms. The molecule has 0 aliphatic carbocycles. The van der Waals surface area contributed by atoms with Crippen LogP contribution in [0.5, 0.6) is 0 Å². The van der Waals surface area contributed by atoms with Gasteiger partial charge in [0.15, 0.2) is 5.96 Å². The van der Waals surface area contributed by atoms with E-state index in [4.69, 9.17) is 9.73 Å². The van der Waals surface area contributed by atoms with Gasteiger partial charge in [0.2, 0.25) is 10.0 Å². The van der Waals surface area contributed by atoms with E-state index in [0.29, 0.717) is 29.8 Å². The fraction of sp³-hybridized carbons (Fsp3) is 0.667. The molecule has 1 unspecified atom stereocenters. The lowest BCUT2D eigenvalue weighted by atomic mass is 9.98. The number of aliphatic imine (C=N–C) groups is 1. The molecule has 0 aromatic heterocycles. The molecular formula is C21H34N4O3S. The zero-order chi connectivity index (χ0) is 20.7.